The van der Waals surface area contributed by atoms with Gasteiger partial charge in [0.05, 0.1) is 30.4 Å². The summed E-state index contributed by atoms with van der Waals surface area (Å²) in [4.78, 5) is 16.9. The van der Waals surface area contributed by atoms with Crippen LogP contribution in [0.1, 0.15) is 46.6 Å². The molecule has 0 saturated carbocycles. The largest absolute Gasteiger partial charge is 0.492 e. The fourth-order valence-electron chi connectivity index (χ4n) is 4.55. The first kappa shape index (κ1) is 22.0. The number of hydrogen-bond donors (Lipinski definition) is 2. The Bertz CT molecular complexity index is 1250. The molecular formula is C25H26N4O3S. The highest BCUT2D eigenvalue weighted by molar-refractivity contribution is 7.95. The minimum Gasteiger partial charge on any atom is -0.492 e. The van der Waals surface area contributed by atoms with Crippen LogP contribution in [-0.4, -0.2) is 54.5 Å². The monoisotopic (exact) mass is 462 g/mol. The predicted molar refractivity (Wildman–Crippen MR) is 128 cm³/mol. The molecule has 170 valence electrons. The van der Waals surface area contributed by atoms with Crippen molar-refractivity contribution in [1.29, 1.82) is 5.26 Å². The van der Waals surface area contributed by atoms with E-state index in [4.69, 9.17) is 9.47 Å². The summed E-state index contributed by atoms with van der Waals surface area (Å²) < 4.78 is 16.9. The molecule has 33 heavy (non-hydrogen) atoms. The summed E-state index contributed by atoms with van der Waals surface area (Å²) >= 11 is 1.61. The molecule has 0 radical (unpaired) electrons. The number of morpholine rings is 1. The Labute approximate surface area is 197 Å². The number of aromatic nitrogens is 1. The highest BCUT2D eigenvalue weighted by atomic mass is 32.2. The number of fused-ring (bicyclic) bond motifs is 4. The van der Waals surface area contributed by atoms with Gasteiger partial charge in [0.25, 0.3) is 0 Å². The number of hydrogen-bond acceptors (Lipinski definition) is 7. The zero-order valence-corrected chi connectivity index (χ0v) is 19.6. The molecule has 0 spiro atoms. The number of H-pyrrole nitrogens is 1. The lowest BCUT2D eigenvalue weighted by molar-refractivity contribution is 0.0770. The van der Waals surface area contributed by atoms with Crippen LogP contribution in [0.4, 0.5) is 0 Å². The summed E-state index contributed by atoms with van der Waals surface area (Å²) in [5, 5.41) is 10.1. The van der Waals surface area contributed by atoms with Gasteiger partial charge in [0.1, 0.15) is 12.4 Å². The smallest absolute Gasteiger partial charge is 0.195 e. The topological polar surface area (TPSA) is 90.4 Å². The van der Waals surface area contributed by atoms with Crippen LogP contribution in [-0.2, 0) is 10.2 Å². The van der Waals surface area contributed by atoms with Crippen LogP contribution in [0.3, 0.4) is 0 Å². The molecule has 0 bridgehead atoms. The van der Waals surface area contributed by atoms with Crippen LogP contribution in [0.15, 0.2) is 36.4 Å². The van der Waals surface area contributed by atoms with Crippen molar-refractivity contribution in [3.05, 3.63) is 64.3 Å². The van der Waals surface area contributed by atoms with E-state index in [1.54, 1.807) is 24.3 Å². The predicted octanol–water partition coefficient (Wildman–Crippen LogP) is 3.77. The van der Waals surface area contributed by atoms with Gasteiger partial charge in [-0.1, -0.05) is 19.9 Å². The van der Waals surface area contributed by atoms with Gasteiger partial charge in [-0.05, 0) is 35.9 Å². The van der Waals surface area contributed by atoms with E-state index in [0.29, 0.717) is 29.8 Å². The first-order valence-electron chi connectivity index (χ1n) is 11.1. The van der Waals surface area contributed by atoms with Crippen molar-refractivity contribution in [3.8, 4) is 11.8 Å². The number of aromatic amines is 1. The van der Waals surface area contributed by atoms with E-state index in [0.717, 1.165) is 54.2 Å². The average molecular weight is 463 g/mol. The summed E-state index contributed by atoms with van der Waals surface area (Å²) in [5.41, 5.74) is 4.20. The second-order valence-electron chi connectivity index (χ2n) is 8.78. The lowest BCUT2D eigenvalue weighted by atomic mass is 9.71. The Morgan fingerprint density at radius 1 is 1.24 bits per heavy atom. The number of ether oxygens (including phenoxy) is 2. The SMILES string of the molecule is CC1(C)c2cc(OCCNSN3CCOCC3)ccc2C(=O)c2c1[nH]c1cc(C#N)ccc21. The van der Waals surface area contributed by atoms with Gasteiger partial charge in [-0.2, -0.15) is 5.26 Å². The second-order valence-corrected chi connectivity index (χ2v) is 9.77. The van der Waals surface area contributed by atoms with Gasteiger partial charge in [0, 0.05) is 59.3 Å². The number of nitriles is 1. The van der Waals surface area contributed by atoms with Crippen LogP contribution in [0, 0.1) is 11.3 Å². The Kier molecular flexibility index (Phi) is 5.89. The normalized spacial score (nSPS) is 17.4. The second kappa shape index (κ2) is 8.84. The Morgan fingerprint density at radius 2 is 2.06 bits per heavy atom. The lowest BCUT2D eigenvalue weighted by Crippen LogP contribution is -2.34. The molecule has 1 aliphatic carbocycles. The molecule has 2 aromatic carbocycles. The molecule has 1 saturated heterocycles. The van der Waals surface area contributed by atoms with E-state index < -0.39 is 5.41 Å². The summed E-state index contributed by atoms with van der Waals surface area (Å²) in [7, 11) is 0. The highest BCUT2D eigenvalue weighted by Gasteiger charge is 2.39. The molecular weight excluding hydrogens is 436 g/mol. The molecule has 2 aliphatic rings. The first-order chi connectivity index (χ1) is 16.0. The fourth-order valence-corrected chi connectivity index (χ4v) is 5.24. The van der Waals surface area contributed by atoms with Crippen molar-refractivity contribution >= 4 is 28.8 Å². The van der Waals surface area contributed by atoms with Gasteiger partial charge in [-0.3, -0.25) is 4.79 Å². The zero-order chi connectivity index (χ0) is 23.0. The molecule has 8 heteroatoms. The molecule has 3 aromatic rings. The average Bonchev–Trinajstić information content (AvgIpc) is 3.23. The molecule has 1 aromatic heterocycles. The van der Waals surface area contributed by atoms with Crippen LogP contribution >= 0.6 is 12.1 Å². The van der Waals surface area contributed by atoms with E-state index in [9.17, 15) is 10.1 Å². The van der Waals surface area contributed by atoms with Crippen LogP contribution in [0.5, 0.6) is 5.75 Å². The molecule has 2 N–H and O–H groups in total. The van der Waals surface area contributed by atoms with E-state index in [1.807, 2.05) is 24.3 Å². The van der Waals surface area contributed by atoms with Crippen molar-refractivity contribution in [2.24, 2.45) is 0 Å². The maximum atomic E-state index is 13.4. The number of carbonyl (C=O) groups is 1. The molecule has 5 rings (SSSR count). The standard InChI is InChI=1S/C25H26N4O3S/c1-25(2)20-14-17(32-10-7-27-33-29-8-11-31-12-9-29)4-6-18(20)23(30)22-19-5-3-16(15-26)13-21(19)28-24(22)25/h3-6,13-14,27-28H,7-12H2,1-2H3. The quantitative estimate of drug-likeness (QED) is 0.426. The highest BCUT2D eigenvalue weighted by Crippen LogP contribution is 2.44. The molecule has 0 amide bonds. The van der Waals surface area contributed by atoms with Crippen molar-refractivity contribution in [2.75, 3.05) is 39.5 Å². The van der Waals surface area contributed by atoms with Gasteiger partial charge in [0.2, 0.25) is 0 Å². The van der Waals surface area contributed by atoms with E-state index >= 15 is 0 Å². The number of benzene rings is 2. The molecule has 7 nitrogen and oxygen atoms in total. The summed E-state index contributed by atoms with van der Waals surface area (Å²) in [6.07, 6.45) is 0. The van der Waals surface area contributed by atoms with Gasteiger partial charge in [-0.15, -0.1) is 0 Å². The number of ketones is 1. The molecule has 2 heterocycles. The van der Waals surface area contributed by atoms with Crippen molar-refractivity contribution in [3.63, 3.8) is 0 Å². The maximum Gasteiger partial charge on any atom is 0.195 e. The fraction of sp³-hybridized carbons (Fsp3) is 0.360. The molecule has 0 unspecified atom stereocenters. The molecule has 1 fully saturated rings. The molecule has 1 aliphatic heterocycles. The number of nitrogens with zero attached hydrogens (tertiary/aromatic N) is 2. The Morgan fingerprint density at radius 3 is 2.85 bits per heavy atom. The lowest BCUT2D eigenvalue weighted by Gasteiger charge is -2.32. The van der Waals surface area contributed by atoms with Crippen molar-refractivity contribution < 1.29 is 14.3 Å². The summed E-state index contributed by atoms with van der Waals surface area (Å²) in [6.45, 7) is 8.83. The third-order valence-corrected chi connectivity index (χ3v) is 7.28. The third-order valence-electron chi connectivity index (χ3n) is 6.33. The van der Waals surface area contributed by atoms with Crippen molar-refractivity contribution in [1.82, 2.24) is 14.0 Å². The minimum atomic E-state index is -0.409. The number of nitrogens with one attached hydrogen (secondary N) is 2. The van der Waals surface area contributed by atoms with E-state index in [-0.39, 0.29) is 5.78 Å². The summed E-state index contributed by atoms with van der Waals surface area (Å²) in [6, 6.07) is 13.3. The van der Waals surface area contributed by atoms with Crippen molar-refractivity contribution in [2.45, 2.75) is 19.3 Å². The minimum absolute atomic E-state index is 0.00501. The first-order valence-corrected chi connectivity index (χ1v) is 11.9. The van der Waals surface area contributed by atoms with Crippen LogP contribution < -0.4 is 9.46 Å². The summed E-state index contributed by atoms with van der Waals surface area (Å²) in [5.74, 6) is 0.754. The van der Waals surface area contributed by atoms with E-state index in [2.05, 4.69) is 33.9 Å². The zero-order valence-electron chi connectivity index (χ0n) is 18.7. The van der Waals surface area contributed by atoms with Gasteiger partial charge < -0.3 is 14.5 Å². The van der Waals surface area contributed by atoms with Crippen LogP contribution in [0.2, 0.25) is 0 Å². The third kappa shape index (κ3) is 4.02. The van der Waals surface area contributed by atoms with Gasteiger partial charge in [-0.25, -0.2) is 9.03 Å². The van der Waals surface area contributed by atoms with Gasteiger partial charge >= 0.3 is 0 Å². The number of carbonyl (C=O) groups excluding carboxylic acids is 1. The molecule has 0 atom stereocenters. The maximum absolute atomic E-state index is 13.4. The Hall–Kier alpha value is -2.83. The van der Waals surface area contributed by atoms with Crippen LogP contribution in [0.25, 0.3) is 10.9 Å². The van der Waals surface area contributed by atoms with E-state index in [1.165, 1.54) is 0 Å². The number of rotatable bonds is 6. The Balaban J connectivity index is 1.33. The van der Waals surface area contributed by atoms with Gasteiger partial charge in [0.15, 0.2) is 5.78 Å².